The van der Waals surface area contributed by atoms with Crippen molar-refractivity contribution in [2.45, 2.75) is 32.2 Å². The fraction of sp³-hybridized carbons (Fsp3) is 0.684. The van der Waals surface area contributed by atoms with Gasteiger partial charge in [-0.15, -0.1) is 24.8 Å². The first-order chi connectivity index (χ1) is 12.2. The Kier molecular flexibility index (Phi) is 11.0. The number of aromatic nitrogens is 1. The fourth-order valence-corrected chi connectivity index (χ4v) is 3.78. The van der Waals surface area contributed by atoms with E-state index in [0.29, 0.717) is 12.3 Å². The summed E-state index contributed by atoms with van der Waals surface area (Å²) in [5, 5.41) is 6.53. The predicted molar refractivity (Wildman–Crippen MR) is 115 cm³/mol. The molecule has 0 spiro atoms. The van der Waals surface area contributed by atoms with Crippen molar-refractivity contribution in [2.75, 3.05) is 50.7 Å². The van der Waals surface area contributed by atoms with Crippen molar-refractivity contribution in [3.63, 3.8) is 0 Å². The number of anilines is 1. The van der Waals surface area contributed by atoms with Crippen LogP contribution in [0.4, 0.5) is 5.82 Å². The molecule has 8 heteroatoms. The molecule has 2 saturated heterocycles. The van der Waals surface area contributed by atoms with Gasteiger partial charge in [-0.1, -0.05) is 6.07 Å². The maximum absolute atomic E-state index is 12.1. The van der Waals surface area contributed by atoms with Crippen molar-refractivity contribution in [1.82, 2.24) is 20.5 Å². The van der Waals surface area contributed by atoms with E-state index in [-0.39, 0.29) is 36.8 Å². The average Bonchev–Trinajstić information content (AvgIpc) is 3.15. The highest BCUT2D eigenvalue weighted by molar-refractivity contribution is 5.85. The highest BCUT2D eigenvalue weighted by Crippen LogP contribution is 2.14. The number of amides is 1. The third kappa shape index (κ3) is 7.82. The molecule has 2 aliphatic heterocycles. The van der Waals surface area contributed by atoms with Crippen molar-refractivity contribution < 1.29 is 4.79 Å². The van der Waals surface area contributed by atoms with Crippen LogP contribution in [-0.2, 0) is 4.79 Å². The molecule has 6 nitrogen and oxygen atoms in total. The van der Waals surface area contributed by atoms with Crippen molar-refractivity contribution in [2.24, 2.45) is 5.92 Å². The van der Waals surface area contributed by atoms with E-state index in [1.807, 2.05) is 18.3 Å². The number of nitrogens with zero attached hydrogens (tertiary/aromatic N) is 3. The van der Waals surface area contributed by atoms with Gasteiger partial charge in [0.15, 0.2) is 0 Å². The van der Waals surface area contributed by atoms with Crippen molar-refractivity contribution in [3.8, 4) is 0 Å². The van der Waals surface area contributed by atoms with Crippen molar-refractivity contribution in [1.29, 1.82) is 0 Å². The summed E-state index contributed by atoms with van der Waals surface area (Å²) in [6.45, 7) is 9.23. The lowest BCUT2D eigenvalue weighted by atomic mass is 10.0. The van der Waals surface area contributed by atoms with E-state index in [2.05, 4.69) is 38.4 Å². The van der Waals surface area contributed by atoms with Crippen molar-refractivity contribution >= 4 is 36.5 Å². The van der Waals surface area contributed by atoms with E-state index in [1.165, 1.54) is 6.42 Å². The predicted octanol–water partition coefficient (Wildman–Crippen LogP) is 1.94. The number of pyridine rings is 1. The van der Waals surface area contributed by atoms with Gasteiger partial charge in [-0.25, -0.2) is 4.98 Å². The number of hydrogen-bond donors (Lipinski definition) is 2. The van der Waals surface area contributed by atoms with Gasteiger partial charge in [0.05, 0.1) is 0 Å². The smallest absolute Gasteiger partial charge is 0.220 e. The molecule has 1 amide bonds. The Bertz CT molecular complexity index is 534. The highest BCUT2D eigenvalue weighted by atomic mass is 35.5. The molecule has 2 unspecified atom stereocenters. The van der Waals surface area contributed by atoms with Gasteiger partial charge in [0.2, 0.25) is 5.91 Å². The summed E-state index contributed by atoms with van der Waals surface area (Å²) >= 11 is 0. The molecular formula is C19H33Cl2N5O. The van der Waals surface area contributed by atoms with Crippen LogP contribution in [0.5, 0.6) is 0 Å². The third-order valence-corrected chi connectivity index (χ3v) is 5.23. The minimum absolute atomic E-state index is 0. The standard InChI is InChI=1S/C19H31N5O.2ClH/c1-16(22-19(25)6-5-17-7-9-20-14-17)15-23-10-12-24(13-11-23)18-4-2-3-8-21-18;;/h2-4,8,16-17,20H,5-7,9-15H2,1H3,(H,22,25);2*1H. The van der Waals surface area contributed by atoms with E-state index in [0.717, 1.165) is 58.1 Å². The molecule has 0 saturated carbocycles. The normalized spacial score (nSPS) is 21.1. The van der Waals surface area contributed by atoms with Crippen LogP contribution in [0.1, 0.15) is 26.2 Å². The Balaban J connectivity index is 0.00000182. The maximum atomic E-state index is 12.1. The summed E-state index contributed by atoms with van der Waals surface area (Å²) in [6.07, 6.45) is 4.72. The molecule has 2 fully saturated rings. The molecule has 1 aromatic rings. The lowest BCUT2D eigenvalue weighted by molar-refractivity contribution is -0.122. The zero-order chi connectivity index (χ0) is 17.5. The van der Waals surface area contributed by atoms with Crippen molar-refractivity contribution in [3.05, 3.63) is 24.4 Å². The Morgan fingerprint density at radius 2 is 2.07 bits per heavy atom. The number of carbonyl (C=O) groups is 1. The van der Waals surface area contributed by atoms with Gasteiger partial charge in [-0.2, -0.15) is 0 Å². The van der Waals surface area contributed by atoms with Crippen LogP contribution in [0.3, 0.4) is 0 Å². The number of rotatable bonds is 7. The Morgan fingerprint density at radius 1 is 1.30 bits per heavy atom. The molecule has 3 rings (SSSR count). The Labute approximate surface area is 175 Å². The zero-order valence-electron chi connectivity index (χ0n) is 16.1. The molecule has 2 atom stereocenters. The second-order valence-corrected chi connectivity index (χ2v) is 7.34. The molecule has 2 aliphatic rings. The molecule has 0 bridgehead atoms. The first-order valence-electron chi connectivity index (χ1n) is 9.59. The topological polar surface area (TPSA) is 60.5 Å². The SMILES string of the molecule is CC(CN1CCN(c2ccccn2)CC1)NC(=O)CCC1CCNC1.Cl.Cl. The van der Waals surface area contributed by atoms with Crippen LogP contribution in [0.25, 0.3) is 0 Å². The third-order valence-electron chi connectivity index (χ3n) is 5.23. The first kappa shape index (κ1) is 24.0. The Hall–Kier alpha value is -1.08. The van der Waals surface area contributed by atoms with Crippen LogP contribution >= 0.6 is 24.8 Å². The van der Waals surface area contributed by atoms with E-state index < -0.39 is 0 Å². The summed E-state index contributed by atoms with van der Waals surface area (Å²) in [7, 11) is 0. The van der Waals surface area contributed by atoms with Gasteiger partial charge in [0.25, 0.3) is 0 Å². The summed E-state index contributed by atoms with van der Waals surface area (Å²) in [5.74, 6) is 1.94. The molecule has 154 valence electrons. The van der Waals surface area contributed by atoms with E-state index >= 15 is 0 Å². The lowest BCUT2D eigenvalue weighted by Crippen LogP contribution is -2.51. The van der Waals surface area contributed by atoms with Crippen LogP contribution < -0.4 is 15.5 Å². The number of nitrogens with one attached hydrogen (secondary N) is 2. The van der Waals surface area contributed by atoms with Crippen LogP contribution in [-0.4, -0.2) is 67.6 Å². The maximum Gasteiger partial charge on any atom is 0.220 e. The van der Waals surface area contributed by atoms with Gasteiger partial charge >= 0.3 is 0 Å². The number of piperazine rings is 1. The Morgan fingerprint density at radius 3 is 2.70 bits per heavy atom. The van der Waals surface area contributed by atoms with Gasteiger partial charge in [-0.05, 0) is 50.9 Å². The summed E-state index contributed by atoms with van der Waals surface area (Å²) in [4.78, 5) is 21.3. The van der Waals surface area contributed by atoms with Crippen LogP contribution in [0.2, 0.25) is 0 Å². The molecule has 27 heavy (non-hydrogen) atoms. The molecule has 0 aliphatic carbocycles. The summed E-state index contributed by atoms with van der Waals surface area (Å²) in [5.41, 5.74) is 0. The van der Waals surface area contributed by atoms with E-state index in [4.69, 9.17) is 0 Å². The average molecular weight is 418 g/mol. The van der Waals surface area contributed by atoms with E-state index in [1.54, 1.807) is 0 Å². The minimum Gasteiger partial charge on any atom is -0.354 e. The number of halogens is 2. The number of hydrogen-bond acceptors (Lipinski definition) is 5. The zero-order valence-corrected chi connectivity index (χ0v) is 17.7. The van der Waals surface area contributed by atoms with E-state index in [9.17, 15) is 4.79 Å². The summed E-state index contributed by atoms with van der Waals surface area (Å²) in [6, 6.07) is 6.26. The minimum atomic E-state index is 0. The van der Waals surface area contributed by atoms with Gasteiger partial charge in [0, 0.05) is 51.4 Å². The largest absolute Gasteiger partial charge is 0.354 e. The highest BCUT2D eigenvalue weighted by Gasteiger charge is 2.20. The first-order valence-corrected chi connectivity index (χ1v) is 9.59. The fourth-order valence-electron chi connectivity index (χ4n) is 3.78. The van der Waals surface area contributed by atoms with Gasteiger partial charge in [-0.3, -0.25) is 9.69 Å². The molecule has 0 radical (unpaired) electrons. The molecule has 2 N–H and O–H groups in total. The molecule has 1 aromatic heterocycles. The second-order valence-electron chi connectivity index (χ2n) is 7.34. The molecular weight excluding hydrogens is 385 g/mol. The molecule has 0 aromatic carbocycles. The monoisotopic (exact) mass is 417 g/mol. The van der Waals surface area contributed by atoms with Gasteiger partial charge in [0.1, 0.15) is 5.82 Å². The van der Waals surface area contributed by atoms with Gasteiger partial charge < -0.3 is 15.5 Å². The quantitative estimate of drug-likeness (QED) is 0.709. The van der Waals surface area contributed by atoms with Crippen LogP contribution in [0.15, 0.2) is 24.4 Å². The lowest BCUT2D eigenvalue weighted by Gasteiger charge is -2.36. The van der Waals surface area contributed by atoms with Crippen LogP contribution in [0, 0.1) is 5.92 Å². The summed E-state index contributed by atoms with van der Waals surface area (Å²) < 4.78 is 0. The molecule has 3 heterocycles. The number of carbonyl (C=O) groups excluding carboxylic acids is 1. The second kappa shape index (κ2) is 12.4.